The van der Waals surface area contributed by atoms with Gasteiger partial charge in [-0.3, -0.25) is 4.79 Å². The number of aryl methyl sites for hydroxylation is 2. The first-order chi connectivity index (χ1) is 10.1. The van der Waals surface area contributed by atoms with Crippen LogP contribution in [0.15, 0.2) is 51.7 Å². The van der Waals surface area contributed by atoms with Crippen molar-refractivity contribution in [3.8, 4) is 16.9 Å². The van der Waals surface area contributed by atoms with E-state index in [0.29, 0.717) is 28.0 Å². The molecule has 2 aromatic carbocycles. The van der Waals surface area contributed by atoms with Crippen LogP contribution in [0.25, 0.3) is 22.1 Å². The van der Waals surface area contributed by atoms with Crippen LogP contribution in [0.4, 0.5) is 0 Å². The smallest absolute Gasteiger partial charge is 0.200 e. The van der Waals surface area contributed by atoms with Crippen molar-refractivity contribution in [1.29, 1.82) is 0 Å². The zero-order valence-electron chi connectivity index (χ0n) is 12.3. The van der Waals surface area contributed by atoms with E-state index in [1.54, 1.807) is 25.3 Å². The highest BCUT2D eigenvalue weighted by Crippen LogP contribution is 2.27. The van der Waals surface area contributed by atoms with E-state index in [0.717, 1.165) is 11.1 Å². The maximum Gasteiger partial charge on any atom is 0.200 e. The summed E-state index contributed by atoms with van der Waals surface area (Å²) in [7, 11) is 1.59. The summed E-state index contributed by atoms with van der Waals surface area (Å²) in [6, 6.07) is 13.1. The second-order valence-electron chi connectivity index (χ2n) is 5.04. The summed E-state index contributed by atoms with van der Waals surface area (Å²) < 4.78 is 11.0. The van der Waals surface area contributed by atoms with Crippen LogP contribution in [0.2, 0.25) is 0 Å². The van der Waals surface area contributed by atoms with Gasteiger partial charge in [-0.15, -0.1) is 0 Å². The molecule has 0 saturated heterocycles. The van der Waals surface area contributed by atoms with Crippen LogP contribution in [0, 0.1) is 13.8 Å². The molecule has 21 heavy (non-hydrogen) atoms. The van der Waals surface area contributed by atoms with E-state index in [1.165, 1.54) is 0 Å². The van der Waals surface area contributed by atoms with Gasteiger partial charge in [0.2, 0.25) is 5.43 Å². The van der Waals surface area contributed by atoms with Gasteiger partial charge in [0.05, 0.1) is 18.1 Å². The molecule has 3 nitrogen and oxygen atoms in total. The standard InChI is InChI=1S/C18H16O3/c1-11-6-4-5-7-14(11)17-12(2)21-16-10-13(20-3)8-9-15(16)18(17)19/h4-10H,1-3H3. The molecule has 0 fully saturated rings. The van der Waals surface area contributed by atoms with Crippen molar-refractivity contribution in [2.24, 2.45) is 0 Å². The molecule has 0 aliphatic heterocycles. The third-order valence-corrected chi connectivity index (χ3v) is 3.69. The Morgan fingerprint density at radius 1 is 1.05 bits per heavy atom. The van der Waals surface area contributed by atoms with Gasteiger partial charge in [0.1, 0.15) is 17.1 Å². The van der Waals surface area contributed by atoms with Crippen molar-refractivity contribution in [3.63, 3.8) is 0 Å². The largest absolute Gasteiger partial charge is 0.497 e. The lowest BCUT2D eigenvalue weighted by Crippen LogP contribution is -2.08. The van der Waals surface area contributed by atoms with Gasteiger partial charge in [0.15, 0.2) is 0 Å². The van der Waals surface area contributed by atoms with E-state index in [4.69, 9.17) is 9.15 Å². The van der Waals surface area contributed by atoms with E-state index < -0.39 is 0 Å². The van der Waals surface area contributed by atoms with Crippen molar-refractivity contribution in [2.75, 3.05) is 7.11 Å². The Bertz CT molecular complexity index is 875. The molecule has 1 heterocycles. The summed E-state index contributed by atoms with van der Waals surface area (Å²) in [6.07, 6.45) is 0. The average Bonchev–Trinajstić information content (AvgIpc) is 2.48. The molecule has 1 aromatic heterocycles. The van der Waals surface area contributed by atoms with Gasteiger partial charge in [-0.1, -0.05) is 24.3 Å². The molecule has 3 heteroatoms. The number of fused-ring (bicyclic) bond motifs is 1. The van der Waals surface area contributed by atoms with Gasteiger partial charge in [-0.2, -0.15) is 0 Å². The first kappa shape index (κ1) is 13.4. The van der Waals surface area contributed by atoms with E-state index in [9.17, 15) is 4.79 Å². The summed E-state index contributed by atoms with van der Waals surface area (Å²) in [5, 5.41) is 0.569. The highest BCUT2D eigenvalue weighted by atomic mass is 16.5. The van der Waals surface area contributed by atoms with Crippen molar-refractivity contribution >= 4 is 11.0 Å². The predicted molar refractivity (Wildman–Crippen MR) is 83.9 cm³/mol. The van der Waals surface area contributed by atoms with Gasteiger partial charge >= 0.3 is 0 Å². The van der Waals surface area contributed by atoms with Crippen molar-refractivity contribution in [1.82, 2.24) is 0 Å². The zero-order valence-corrected chi connectivity index (χ0v) is 12.3. The molecule has 0 atom stereocenters. The predicted octanol–water partition coefficient (Wildman–Crippen LogP) is 4.09. The summed E-state index contributed by atoms with van der Waals surface area (Å²) in [4.78, 5) is 12.8. The Kier molecular flexibility index (Phi) is 3.26. The SMILES string of the molecule is COc1ccc2c(=O)c(-c3ccccc3C)c(C)oc2c1. The van der Waals surface area contributed by atoms with Crippen molar-refractivity contribution < 1.29 is 9.15 Å². The molecule has 0 aliphatic rings. The molecule has 0 unspecified atom stereocenters. The second kappa shape index (κ2) is 5.09. The van der Waals surface area contributed by atoms with Gasteiger partial charge in [-0.25, -0.2) is 0 Å². The molecule has 0 amide bonds. The van der Waals surface area contributed by atoms with Gasteiger partial charge in [0.25, 0.3) is 0 Å². The number of rotatable bonds is 2. The van der Waals surface area contributed by atoms with E-state index in [1.807, 2.05) is 38.1 Å². The fourth-order valence-corrected chi connectivity index (χ4v) is 2.58. The lowest BCUT2D eigenvalue weighted by molar-refractivity contribution is 0.414. The molecule has 0 bridgehead atoms. The third kappa shape index (κ3) is 2.21. The number of methoxy groups -OCH3 is 1. The van der Waals surface area contributed by atoms with Crippen LogP contribution < -0.4 is 10.2 Å². The fourth-order valence-electron chi connectivity index (χ4n) is 2.58. The van der Waals surface area contributed by atoms with Crippen LogP contribution in [0.5, 0.6) is 5.75 Å². The summed E-state index contributed by atoms with van der Waals surface area (Å²) in [6.45, 7) is 3.81. The molecule has 3 aromatic rings. The Morgan fingerprint density at radius 2 is 1.81 bits per heavy atom. The fraction of sp³-hybridized carbons (Fsp3) is 0.167. The van der Waals surface area contributed by atoms with Crippen LogP contribution in [-0.4, -0.2) is 7.11 Å². The van der Waals surface area contributed by atoms with Crippen LogP contribution in [-0.2, 0) is 0 Å². The molecule has 3 rings (SSSR count). The van der Waals surface area contributed by atoms with Gasteiger partial charge in [0, 0.05) is 6.07 Å². The first-order valence-corrected chi connectivity index (χ1v) is 6.79. The molecule has 0 saturated carbocycles. The minimum Gasteiger partial charge on any atom is -0.497 e. The number of benzene rings is 2. The lowest BCUT2D eigenvalue weighted by Gasteiger charge is -2.10. The molecule has 0 radical (unpaired) electrons. The number of ether oxygens (including phenoxy) is 1. The minimum atomic E-state index is -0.00861. The Hall–Kier alpha value is -2.55. The first-order valence-electron chi connectivity index (χ1n) is 6.79. The van der Waals surface area contributed by atoms with Crippen LogP contribution >= 0.6 is 0 Å². The van der Waals surface area contributed by atoms with Gasteiger partial charge in [-0.05, 0) is 37.1 Å². The number of hydrogen-bond donors (Lipinski definition) is 0. The second-order valence-corrected chi connectivity index (χ2v) is 5.04. The molecule has 0 spiro atoms. The van der Waals surface area contributed by atoms with Crippen molar-refractivity contribution in [2.45, 2.75) is 13.8 Å². The van der Waals surface area contributed by atoms with Gasteiger partial charge < -0.3 is 9.15 Å². The normalized spacial score (nSPS) is 10.8. The quantitative estimate of drug-likeness (QED) is 0.710. The maximum absolute atomic E-state index is 12.8. The Balaban J connectivity index is 2.36. The van der Waals surface area contributed by atoms with E-state index in [2.05, 4.69) is 0 Å². The zero-order chi connectivity index (χ0) is 15.0. The summed E-state index contributed by atoms with van der Waals surface area (Å²) in [5.41, 5.74) is 3.15. The third-order valence-electron chi connectivity index (χ3n) is 3.69. The minimum absolute atomic E-state index is 0.00861. The van der Waals surface area contributed by atoms with Crippen molar-refractivity contribution in [3.05, 3.63) is 64.0 Å². The average molecular weight is 280 g/mol. The Labute approximate surface area is 122 Å². The molecule has 0 aliphatic carbocycles. The topological polar surface area (TPSA) is 39.4 Å². The molecular weight excluding hydrogens is 264 g/mol. The monoisotopic (exact) mass is 280 g/mol. The summed E-state index contributed by atoms with van der Waals surface area (Å²) >= 11 is 0. The van der Waals surface area contributed by atoms with Crippen LogP contribution in [0.1, 0.15) is 11.3 Å². The van der Waals surface area contributed by atoms with E-state index in [-0.39, 0.29) is 5.43 Å². The van der Waals surface area contributed by atoms with Crippen LogP contribution in [0.3, 0.4) is 0 Å². The highest BCUT2D eigenvalue weighted by molar-refractivity contribution is 5.84. The lowest BCUT2D eigenvalue weighted by atomic mass is 9.98. The molecular formula is C18H16O3. The molecule has 0 N–H and O–H groups in total. The maximum atomic E-state index is 12.8. The number of hydrogen-bond acceptors (Lipinski definition) is 3. The van der Waals surface area contributed by atoms with E-state index >= 15 is 0 Å². The molecule has 106 valence electrons. The summed E-state index contributed by atoms with van der Waals surface area (Å²) in [5.74, 6) is 1.30. The Morgan fingerprint density at radius 3 is 2.52 bits per heavy atom. The highest BCUT2D eigenvalue weighted by Gasteiger charge is 2.15.